The van der Waals surface area contributed by atoms with Crippen LogP contribution in [0.5, 0.6) is 5.75 Å². The zero-order valence-corrected chi connectivity index (χ0v) is 8.90. The summed E-state index contributed by atoms with van der Waals surface area (Å²) in [4.78, 5) is 11.0. The normalized spacial score (nSPS) is 10.9. The Morgan fingerprint density at radius 3 is 2.60 bits per heavy atom. The van der Waals surface area contributed by atoms with Crippen LogP contribution in [0.25, 0.3) is 0 Å². The highest BCUT2D eigenvalue weighted by Crippen LogP contribution is 2.08. The van der Waals surface area contributed by atoms with E-state index in [4.69, 9.17) is 4.74 Å². The molecule has 0 atom stereocenters. The van der Waals surface area contributed by atoms with Gasteiger partial charge in [-0.1, -0.05) is 18.2 Å². The van der Waals surface area contributed by atoms with Crippen LogP contribution in [0.2, 0.25) is 0 Å². The average Bonchev–Trinajstić information content (AvgIpc) is 2.29. The van der Waals surface area contributed by atoms with Gasteiger partial charge in [0.2, 0.25) is 0 Å². The van der Waals surface area contributed by atoms with Gasteiger partial charge in [-0.2, -0.15) is 0 Å². The van der Waals surface area contributed by atoms with E-state index in [9.17, 15) is 4.79 Å². The number of methoxy groups -OCH3 is 1. The van der Waals surface area contributed by atoms with Gasteiger partial charge < -0.3 is 9.47 Å². The lowest BCUT2D eigenvalue weighted by molar-refractivity contribution is -0.136. The molecular weight excluding hydrogens is 192 g/mol. The molecular formula is C12H14O3. The van der Waals surface area contributed by atoms with Gasteiger partial charge in [0.05, 0.1) is 7.11 Å². The van der Waals surface area contributed by atoms with Crippen molar-refractivity contribution in [2.75, 3.05) is 13.7 Å². The molecule has 0 saturated carbocycles. The Kier molecular flexibility index (Phi) is 4.41. The minimum absolute atomic E-state index is 0.327. The summed E-state index contributed by atoms with van der Waals surface area (Å²) < 4.78 is 9.94. The minimum Gasteiger partial charge on any atom is -0.490 e. The highest BCUT2D eigenvalue weighted by atomic mass is 16.5. The molecule has 1 aromatic carbocycles. The smallest absolute Gasteiger partial charge is 0.333 e. The largest absolute Gasteiger partial charge is 0.490 e. The van der Waals surface area contributed by atoms with Crippen LogP contribution < -0.4 is 4.74 Å². The van der Waals surface area contributed by atoms with Crippen molar-refractivity contribution >= 4 is 5.97 Å². The number of hydrogen-bond donors (Lipinski definition) is 0. The van der Waals surface area contributed by atoms with E-state index < -0.39 is 0 Å². The number of esters is 1. The van der Waals surface area contributed by atoms with Crippen molar-refractivity contribution < 1.29 is 14.3 Å². The highest BCUT2D eigenvalue weighted by molar-refractivity contribution is 5.87. The van der Waals surface area contributed by atoms with E-state index in [0.29, 0.717) is 12.2 Å². The standard InChI is InChI=1S/C12H14O3/c1-10(12(13)14-2)8-9-15-11-6-4-3-5-7-11/h3-8H,9H2,1-2H3. The number of para-hydroxylation sites is 1. The lowest BCUT2D eigenvalue weighted by Gasteiger charge is -2.03. The Balaban J connectivity index is 2.42. The molecule has 3 nitrogen and oxygen atoms in total. The number of hydrogen-bond acceptors (Lipinski definition) is 3. The Hall–Kier alpha value is -1.77. The van der Waals surface area contributed by atoms with E-state index in [1.807, 2.05) is 30.3 Å². The van der Waals surface area contributed by atoms with Gasteiger partial charge in [0, 0.05) is 5.57 Å². The monoisotopic (exact) mass is 206 g/mol. The van der Waals surface area contributed by atoms with Crippen molar-refractivity contribution in [1.82, 2.24) is 0 Å². The van der Waals surface area contributed by atoms with E-state index >= 15 is 0 Å². The van der Waals surface area contributed by atoms with Gasteiger partial charge in [-0.05, 0) is 25.1 Å². The first-order chi connectivity index (χ1) is 7.24. The van der Waals surface area contributed by atoms with E-state index in [-0.39, 0.29) is 5.97 Å². The lowest BCUT2D eigenvalue weighted by atomic mass is 10.3. The van der Waals surface area contributed by atoms with Gasteiger partial charge in [0.1, 0.15) is 12.4 Å². The van der Waals surface area contributed by atoms with Gasteiger partial charge in [-0.3, -0.25) is 0 Å². The van der Waals surface area contributed by atoms with Crippen LogP contribution in [0, 0.1) is 0 Å². The molecule has 0 aliphatic carbocycles. The maximum atomic E-state index is 11.0. The summed E-state index contributed by atoms with van der Waals surface area (Å²) in [5, 5.41) is 0. The van der Waals surface area contributed by atoms with E-state index in [2.05, 4.69) is 4.74 Å². The summed E-state index contributed by atoms with van der Waals surface area (Å²) in [5.74, 6) is 0.457. The first-order valence-corrected chi connectivity index (χ1v) is 4.67. The molecule has 15 heavy (non-hydrogen) atoms. The van der Waals surface area contributed by atoms with Crippen LogP contribution in [0.1, 0.15) is 6.92 Å². The third-order valence-electron chi connectivity index (χ3n) is 1.89. The molecule has 0 aromatic heterocycles. The molecule has 0 bridgehead atoms. The minimum atomic E-state index is -0.327. The van der Waals surface area contributed by atoms with Crippen LogP contribution in [0.15, 0.2) is 42.0 Å². The Bertz CT molecular complexity index is 341. The van der Waals surface area contributed by atoms with Crippen molar-refractivity contribution in [3.63, 3.8) is 0 Å². The zero-order valence-electron chi connectivity index (χ0n) is 8.90. The second kappa shape index (κ2) is 5.86. The van der Waals surface area contributed by atoms with Crippen molar-refractivity contribution in [3.05, 3.63) is 42.0 Å². The van der Waals surface area contributed by atoms with Gasteiger partial charge in [-0.15, -0.1) is 0 Å². The van der Waals surface area contributed by atoms with Crippen molar-refractivity contribution in [2.45, 2.75) is 6.92 Å². The number of benzene rings is 1. The van der Waals surface area contributed by atoms with E-state index in [1.54, 1.807) is 13.0 Å². The molecule has 1 rings (SSSR count). The highest BCUT2D eigenvalue weighted by Gasteiger charge is 2.01. The molecule has 3 heteroatoms. The molecule has 0 unspecified atom stereocenters. The summed E-state index contributed by atoms with van der Waals surface area (Å²) in [5.41, 5.74) is 0.549. The zero-order chi connectivity index (χ0) is 11.1. The first-order valence-electron chi connectivity index (χ1n) is 4.67. The van der Waals surface area contributed by atoms with Crippen LogP contribution in [0.3, 0.4) is 0 Å². The fourth-order valence-electron chi connectivity index (χ4n) is 1.02. The molecule has 0 aliphatic heterocycles. The fraction of sp³-hybridized carbons (Fsp3) is 0.250. The predicted octanol–water partition coefficient (Wildman–Crippen LogP) is 2.18. The van der Waals surface area contributed by atoms with Crippen molar-refractivity contribution in [1.29, 1.82) is 0 Å². The van der Waals surface area contributed by atoms with E-state index in [0.717, 1.165) is 5.75 Å². The predicted molar refractivity (Wildman–Crippen MR) is 57.7 cm³/mol. The number of carbonyl (C=O) groups is 1. The summed E-state index contributed by atoms with van der Waals surface area (Å²) in [6.07, 6.45) is 1.69. The first kappa shape index (κ1) is 11.3. The van der Waals surface area contributed by atoms with Crippen LogP contribution in [-0.2, 0) is 9.53 Å². The number of ether oxygens (including phenoxy) is 2. The summed E-state index contributed by atoms with van der Waals surface area (Å²) in [7, 11) is 1.36. The molecule has 0 amide bonds. The summed E-state index contributed by atoms with van der Waals surface area (Å²) in [6.45, 7) is 2.06. The topological polar surface area (TPSA) is 35.5 Å². The second-order valence-electron chi connectivity index (χ2n) is 3.00. The molecule has 0 fully saturated rings. The molecule has 0 radical (unpaired) electrons. The lowest BCUT2D eigenvalue weighted by Crippen LogP contribution is -2.03. The SMILES string of the molecule is COC(=O)C(C)=CCOc1ccccc1. The van der Waals surface area contributed by atoms with Gasteiger partial charge in [0.25, 0.3) is 0 Å². The third-order valence-corrected chi connectivity index (χ3v) is 1.89. The third kappa shape index (κ3) is 3.85. The Labute approximate surface area is 89.3 Å². The maximum Gasteiger partial charge on any atom is 0.333 e. The Morgan fingerprint density at radius 1 is 1.33 bits per heavy atom. The van der Waals surface area contributed by atoms with Crippen molar-refractivity contribution in [3.8, 4) is 5.75 Å². The summed E-state index contributed by atoms with van der Waals surface area (Å²) >= 11 is 0. The van der Waals surface area contributed by atoms with Crippen LogP contribution in [-0.4, -0.2) is 19.7 Å². The number of carbonyl (C=O) groups excluding carboxylic acids is 1. The molecule has 0 heterocycles. The average molecular weight is 206 g/mol. The van der Waals surface area contributed by atoms with Crippen LogP contribution >= 0.6 is 0 Å². The second-order valence-corrected chi connectivity index (χ2v) is 3.00. The molecule has 0 spiro atoms. The van der Waals surface area contributed by atoms with Crippen molar-refractivity contribution in [2.24, 2.45) is 0 Å². The molecule has 0 saturated heterocycles. The summed E-state index contributed by atoms with van der Waals surface area (Å²) in [6, 6.07) is 9.43. The van der Waals surface area contributed by atoms with Gasteiger partial charge in [-0.25, -0.2) is 4.79 Å². The molecule has 80 valence electrons. The van der Waals surface area contributed by atoms with Crippen LogP contribution in [0.4, 0.5) is 0 Å². The quantitative estimate of drug-likeness (QED) is 0.559. The van der Waals surface area contributed by atoms with Gasteiger partial charge in [0.15, 0.2) is 0 Å². The molecule has 1 aromatic rings. The van der Waals surface area contributed by atoms with Gasteiger partial charge >= 0.3 is 5.97 Å². The number of rotatable bonds is 4. The molecule has 0 N–H and O–H groups in total. The molecule has 0 aliphatic rings. The van der Waals surface area contributed by atoms with E-state index in [1.165, 1.54) is 7.11 Å². The maximum absolute atomic E-state index is 11.0. The Morgan fingerprint density at radius 2 is 2.00 bits per heavy atom. The fourth-order valence-corrected chi connectivity index (χ4v) is 1.02.